The van der Waals surface area contributed by atoms with E-state index in [1.54, 1.807) is 0 Å². The standard InChI is InChI=1S/C49H38N2/c1-37(14-13-22-48-36-43-17-11-12-23-49(43)51(48)45-20-9-4-10-21-45)38-28-32-46(33-29-38)50(44-18-7-3-8-19-44)47-34-30-42(31-35-47)41-26-24-40(25-27-41)39-15-5-2-6-16-39/h2-35H,1,36H2/b14-13-,48-22+. The predicted octanol–water partition coefficient (Wildman–Crippen LogP) is 13.3. The molecule has 0 spiro atoms. The second-order valence-electron chi connectivity index (χ2n) is 12.7. The van der Waals surface area contributed by atoms with Crippen molar-refractivity contribution in [3.05, 3.63) is 230 Å². The largest absolute Gasteiger partial charge is 0.314 e. The van der Waals surface area contributed by atoms with Crippen LogP contribution in [0.1, 0.15) is 11.1 Å². The molecule has 2 nitrogen and oxygen atoms in total. The van der Waals surface area contributed by atoms with Crippen LogP contribution in [0.4, 0.5) is 28.4 Å². The molecule has 0 fully saturated rings. The average molecular weight is 655 g/mol. The van der Waals surface area contributed by atoms with Crippen molar-refractivity contribution in [1.29, 1.82) is 0 Å². The Hall–Kier alpha value is -6.64. The van der Waals surface area contributed by atoms with Crippen molar-refractivity contribution in [1.82, 2.24) is 0 Å². The van der Waals surface area contributed by atoms with Gasteiger partial charge in [0.15, 0.2) is 0 Å². The van der Waals surface area contributed by atoms with Gasteiger partial charge in [-0.25, -0.2) is 0 Å². The van der Waals surface area contributed by atoms with Gasteiger partial charge in [0, 0.05) is 40.6 Å². The van der Waals surface area contributed by atoms with E-state index in [0.717, 1.165) is 34.6 Å². The number of para-hydroxylation sites is 3. The zero-order valence-electron chi connectivity index (χ0n) is 28.4. The lowest BCUT2D eigenvalue weighted by molar-refractivity contribution is 1.15. The van der Waals surface area contributed by atoms with Gasteiger partial charge in [-0.05, 0) is 99.6 Å². The minimum Gasteiger partial charge on any atom is -0.314 e. The summed E-state index contributed by atoms with van der Waals surface area (Å²) >= 11 is 0. The maximum atomic E-state index is 4.41. The molecule has 0 radical (unpaired) electrons. The van der Waals surface area contributed by atoms with E-state index in [1.807, 2.05) is 0 Å². The molecular weight excluding hydrogens is 617 g/mol. The fraction of sp³-hybridized carbons (Fsp3) is 0.0204. The van der Waals surface area contributed by atoms with Crippen LogP contribution in [0.3, 0.4) is 0 Å². The minimum atomic E-state index is 0.896. The lowest BCUT2D eigenvalue weighted by atomic mass is 10.00. The number of nitrogens with zero attached hydrogens (tertiary/aromatic N) is 2. The zero-order chi connectivity index (χ0) is 34.4. The fourth-order valence-electron chi connectivity index (χ4n) is 6.83. The molecule has 0 saturated heterocycles. The number of allylic oxidation sites excluding steroid dienone is 5. The molecule has 0 aliphatic carbocycles. The second-order valence-corrected chi connectivity index (χ2v) is 12.7. The van der Waals surface area contributed by atoms with Crippen molar-refractivity contribution in [2.24, 2.45) is 0 Å². The van der Waals surface area contributed by atoms with Gasteiger partial charge in [-0.15, -0.1) is 0 Å². The molecule has 0 unspecified atom stereocenters. The molecule has 0 amide bonds. The molecule has 2 heteroatoms. The van der Waals surface area contributed by atoms with Crippen LogP contribution < -0.4 is 9.80 Å². The molecule has 0 aromatic heterocycles. The summed E-state index contributed by atoms with van der Waals surface area (Å²) in [5.41, 5.74) is 15.2. The molecule has 1 heterocycles. The number of rotatable bonds is 9. The first kappa shape index (κ1) is 31.6. The molecule has 51 heavy (non-hydrogen) atoms. The third kappa shape index (κ3) is 6.81. The van der Waals surface area contributed by atoms with Gasteiger partial charge >= 0.3 is 0 Å². The highest BCUT2D eigenvalue weighted by molar-refractivity contribution is 5.81. The number of fused-ring (bicyclic) bond motifs is 1. The molecule has 0 saturated carbocycles. The molecule has 7 aromatic rings. The van der Waals surface area contributed by atoms with E-state index in [0.29, 0.717) is 0 Å². The third-order valence-corrected chi connectivity index (χ3v) is 9.45. The molecule has 0 N–H and O–H groups in total. The maximum Gasteiger partial charge on any atom is 0.0494 e. The lowest BCUT2D eigenvalue weighted by Gasteiger charge is -2.26. The predicted molar refractivity (Wildman–Crippen MR) is 217 cm³/mol. The summed E-state index contributed by atoms with van der Waals surface area (Å²) < 4.78 is 0. The van der Waals surface area contributed by atoms with Crippen molar-refractivity contribution < 1.29 is 0 Å². The second kappa shape index (κ2) is 14.5. The van der Waals surface area contributed by atoms with Crippen molar-refractivity contribution >= 4 is 34.0 Å². The molecule has 1 aliphatic rings. The highest BCUT2D eigenvalue weighted by Gasteiger charge is 2.24. The molecule has 7 aromatic carbocycles. The van der Waals surface area contributed by atoms with Gasteiger partial charge in [-0.3, -0.25) is 0 Å². The van der Waals surface area contributed by atoms with Gasteiger partial charge in [0.05, 0.1) is 0 Å². The van der Waals surface area contributed by atoms with E-state index in [-0.39, 0.29) is 0 Å². The summed E-state index contributed by atoms with van der Waals surface area (Å²) in [5, 5.41) is 0. The summed E-state index contributed by atoms with van der Waals surface area (Å²) in [4.78, 5) is 4.65. The summed E-state index contributed by atoms with van der Waals surface area (Å²) in [6.45, 7) is 4.41. The lowest BCUT2D eigenvalue weighted by Crippen LogP contribution is -2.11. The van der Waals surface area contributed by atoms with Gasteiger partial charge in [-0.2, -0.15) is 0 Å². The van der Waals surface area contributed by atoms with E-state index < -0.39 is 0 Å². The number of hydrogen-bond acceptors (Lipinski definition) is 2. The number of hydrogen-bond donors (Lipinski definition) is 0. The maximum absolute atomic E-state index is 4.41. The van der Waals surface area contributed by atoms with Crippen LogP contribution in [0.2, 0.25) is 0 Å². The van der Waals surface area contributed by atoms with E-state index in [4.69, 9.17) is 0 Å². The molecule has 0 atom stereocenters. The van der Waals surface area contributed by atoms with Crippen LogP contribution in [-0.2, 0) is 6.42 Å². The molecule has 8 rings (SSSR count). The summed E-state index contributed by atoms with van der Waals surface area (Å²) in [7, 11) is 0. The van der Waals surface area contributed by atoms with E-state index >= 15 is 0 Å². The van der Waals surface area contributed by atoms with E-state index in [2.05, 4.69) is 223 Å². The van der Waals surface area contributed by atoms with E-state index in [9.17, 15) is 0 Å². The van der Waals surface area contributed by atoms with Crippen LogP contribution in [-0.4, -0.2) is 0 Å². The van der Waals surface area contributed by atoms with Crippen molar-refractivity contribution in [2.45, 2.75) is 6.42 Å². The Morgan fingerprint density at radius 2 is 0.961 bits per heavy atom. The SMILES string of the molecule is C=C(/C=C\C=C1/Cc2ccccc2N1c1ccccc1)c1ccc(N(c2ccccc2)c2ccc(-c3ccc(-c4ccccc4)cc3)cc2)cc1. The topological polar surface area (TPSA) is 6.48 Å². The van der Waals surface area contributed by atoms with Crippen LogP contribution >= 0.6 is 0 Å². The quantitative estimate of drug-likeness (QED) is 0.143. The Bertz CT molecular complexity index is 2300. The molecule has 1 aliphatic heterocycles. The first-order valence-corrected chi connectivity index (χ1v) is 17.4. The van der Waals surface area contributed by atoms with Crippen molar-refractivity contribution in [2.75, 3.05) is 9.80 Å². The first-order valence-electron chi connectivity index (χ1n) is 17.4. The number of anilines is 5. The average Bonchev–Trinajstić information content (AvgIpc) is 3.58. The number of benzene rings is 7. The summed E-state index contributed by atoms with van der Waals surface area (Å²) in [6.07, 6.45) is 7.34. The Morgan fingerprint density at radius 1 is 0.490 bits per heavy atom. The van der Waals surface area contributed by atoms with Gasteiger partial charge in [0.25, 0.3) is 0 Å². The van der Waals surface area contributed by atoms with E-state index in [1.165, 1.54) is 44.9 Å². The Balaban J connectivity index is 1.01. The highest BCUT2D eigenvalue weighted by atomic mass is 15.2. The molecule has 0 bridgehead atoms. The smallest absolute Gasteiger partial charge is 0.0494 e. The van der Waals surface area contributed by atoms with Crippen molar-refractivity contribution in [3.63, 3.8) is 0 Å². The van der Waals surface area contributed by atoms with Gasteiger partial charge in [-0.1, -0.05) is 152 Å². The van der Waals surface area contributed by atoms with Crippen LogP contribution in [0, 0.1) is 0 Å². The Labute approximate surface area is 301 Å². The first-order chi connectivity index (χ1) is 25.2. The Morgan fingerprint density at radius 3 is 1.59 bits per heavy atom. The summed E-state index contributed by atoms with van der Waals surface area (Å²) in [6, 6.07) is 66.6. The molecule has 244 valence electrons. The van der Waals surface area contributed by atoms with Gasteiger partial charge in [0.1, 0.15) is 0 Å². The Kier molecular flexibility index (Phi) is 8.96. The fourth-order valence-corrected chi connectivity index (χ4v) is 6.83. The zero-order valence-corrected chi connectivity index (χ0v) is 28.4. The van der Waals surface area contributed by atoms with Gasteiger partial charge < -0.3 is 9.80 Å². The van der Waals surface area contributed by atoms with Crippen LogP contribution in [0.5, 0.6) is 0 Å². The van der Waals surface area contributed by atoms with Gasteiger partial charge in [0.2, 0.25) is 0 Å². The monoisotopic (exact) mass is 654 g/mol. The van der Waals surface area contributed by atoms with Crippen LogP contribution in [0.25, 0.3) is 27.8 Å². The minimum absolute atomic E-state index is 0.896. The summed E-state index contributed by atoms with van der Waals surface area (Å²) in [5.74, 6) is 0. The van der Waals surface area contributed by atoms with Crippen molar-refractivity contribution in [3.8, 4) is 22.3 Å². The normalized spacial score (nSPS) is 13.0. The van der Waals surface area contributed by atoms with Crippen LogP contribution in [0.15, 0.2) is 219 Å². The molecular formula is C49H38N2. The third-order valence-electron chi connectivity index (χ3n) is 9.45. The highest BCUT2D eigenvalue weighted by Crippen LogP contribution is 2.40.